The number of nitrogens with zero attached hydrogens (tertiary/aromatic N) is 1. The van der Waals surface area contributed by atoms with E-state index < -0.39 is 17.3 Å². The number of esters is 1. The summed E-state index contributed by atoms with van der Waals surface area (Å²) < 4.78 is 20.8. The molecule has 0 amide bonds. The number of fused-ring (bicyclic) bond motifs is 2. The summed E-state index contributed by atoms with van der Waals surface area (Å²) >= 11 is 3.32. The summed E-state index contributed by atoms with van der Waals surface area (Å²) in [5.74, 6) is -0.208. The van der Waals surface area contributed by atoms with Crippen LogP contribution >= 0.6 is 23.1 Å². The third-order valence-corrected chi connectivity index (χ3v) is 7.32. The van der Waals surface area contributed by atoms with Crippen LogP contribution in [0.3, 0.4) is 0 Å². The molecule has 164 valence electrons. The van der Waals surface area contributed by atoms with E-state index in [0.29, 0.717) is 22.0 Å². The first kappa shape index (κ1) is 21.4. The predicted octanol–water partition coefficient (Wildman–Crippen LogP) is 5.93. The van der Waals surface area contributed by atoms with Crippen molar-refractivity contribution in [3.8, 4) is 0 Å². The summed E-state index contributed by atoms with van der Waals surface area (Å²) in [7, 11) is 0. The number of aromatic amines is 1. The first-order valence-electron chi connectivity index (χ1n) is 10.1. The van der Waals surface area contributed by atoms with Gasteiger partial charge >= 0.3 is 5.97 Å². The van der Waals surface area contributed by atoms with E-state index in [9.17, 15) is 14.0 Å². The highest BCUT2D eigenvalue weighted by molar-refractivity contribution is 8.00. The summed E-state index contributed by atoms with van der Waals surface area (Å²) in [6, 6.07) is 21.0. The average Bonchev–Trinajstić information content (AvgIpc) is 3.24. The quantitative estimate of drug-likeness (QED) is 0.243. The molecule has 3 aromatic carbocycles. The third kappa shape index (κ3) is 4.81. The molecule has 33 heavy (non-hydrogen) atoms. The number of ether oxygens (including phenoxy) is 1. The second-order valence-corrected chi connectivity index (χ2v) is 9.62. The Balaban J connectivity index is 1.20. The highest BCUT2D eigenvalue weighted by Gasteiger charge is 2.11. The first-order valence-corrected chi connectivity index (χ1v) is 11.9. The molecule has 0 atom stereocenters. The SMILES string of the molecule is O=C(OCc1cc2ccc(F)cc2[nH]c1=O)c1ccc(CSc2nc3ccccc3s2)cc1. The van der Waals surface area contributed by atoms with E-state index in [1.807, 2.05) is 30.3 Å². The molecule has 2 aromatic heterocycles. The smallest absolute Gasteiger partial charge is 0.338 e. The molecular weight excluding hydrogens is 459 g/mol. The van der Waals surface area contributed by atoms with Gasteiger partial charge in [-0.2, -0.15) is 0 Å². The molecule has 0 aliphatic carbocycles. The largest absolute Gasteiger partial charge is 0.457 e. The summed E-state index contributed by atoms with van der Waals surface area (Å²) in [5.41, 5.74) is 2.75. The first-order chi connectivity index (χ1) is 16.0. The molecule has 8 heteroatoms. The lowest BCUT2D eigenvalue weighted by atomic mass is 10.1. The molecule has 0 aliphatic heterocycles. The van der Waals surface area contributed by atoms with Crippen molar-refractivity contribution in [3.63, 3.8) is 0 Å². The molecule has 0 unspecified atom stereocenters. The molecule has 0 saturated heterocycles. The molecule has 0 saturated carbocycles. The molecule has 5 aromatic rings. The molecule has 0 fully saturated rings. The van der Waals surface area contributed by atoms with E-state index in [1.165, 1.54) is 12.1 Å². The topological polar surface area (TPSA) is 72.1 Å². The molecular formula is C25H17FN2O3S2. The van der Waals surface area contributed by atoms with Crippen molar-refractivity contribution >= 4 is 50.2 Å². The molecule has 1 N–H and O–H groups in total. The molecule has 0 radical (unpaired) electrons. The number of aromatic nitrogens is 2. The van der Waals surface area contributed by atoms with Gasteiger partial charge in [-0.15, -0.1) is 11.3 Å². The fourth-order valence-electron chi connectivity index (χ4n) is 3.35. The Morgan fingerprint density at radius 1 is 1.06 bits per heavy atom. The van der Waals surface area contributed by atoms with Gasteiger partial charge in [-0.05, 0) is 59.5 Å². The van der Waals surface area contributed by atoms with Crippen LogP contribution < -0.4 is 5.56 Å². The minimum Gasteiger partial charge on any atom is -0.457 e. The van der Waals surface area contributed by atoms with Crippen molar-refractivity contribution < 1.29 is 13.9 Å². The van der Waals surface area contributed by atoms with Crippen LogP contribution in [0, 0.1) is 5.82 Å². The highest BCUT2D eigenvalue weighted by atomic mass is 32.2. The molecule has 0 aliphatic rings. The van der Waals surface area contributed by atoms with Gasteiger partial charge in [0.1, 0.15) is 12.4 Å². The normalized spacial score (nSPS) is 11.2. The number of para-hydroxylation sites is 1. The van der Waals surface area contributed by atoms with Crippen molar-refractivity contribution in [2.24, 2.45) is 0 Å². The highest BCUT2D eigenvalue weighted by Crippen LogP contribution is 2.31. The lowest BCUT2D eigenvalue weighted by molar-refractivity contribution is 0.0471. The second-order valence-electron chi connectivity index (χ2n) is 7.36. The van der Waals surface area contributed by atoms with Crippen LogP contribution in [0.15, 0.2) is 81.9 Å². The number of hydrogen-bond donors (Lipinski definition) is 1. The van der Waals surface area contributed by atoms with Gasteiger partial charge in [0.2, 0.25) is 0 Å². The van der Waals surface area contributed by atoms with Gasteiger partial charge in [-0.3, -0.25) is 4.79 Å². The number of halogens is 1. The zero-order valence-electron chi connectivity index (χ0n) is 17.2. The van der Waals surface area contributed by atoms with E-state index >= 15 is 0 Å². The number of thiazole rings is 1. The minimum absolute atomic E-state index is 0.170. The van der Waals surface area contributed by atoms with E-state index in [4.69, 9.17) is 4.74 Å². The minimum atomic E-state index is -0.515. The van der Waals surface area contributed by atoms with Crippen LogP contribution in [-0.2, 0) is 17.1 Å². The number of hydrogen-bond acceptors (Lipinski definition) is 6. The molecule has 2 heterocycles. The number of pyridine rings is 1. The number of nitrogens with one attached hydrogen (secondary N) is 1. The van der Waals surface area contributed by atoms with Gasteiger partial charge in [-0.25, -0.2) is 14.2 Å². The monoisotopic (exact) mass is 476 g/mol. The summed E-state index contributed by atoms with van der Waals surface area (Å²) in [6.45, 7) is -0.170. The van der Waals surface area contributed by atoms with Gasteiger partial charge in [0, 0.05) is 5.75 Å². The van der Waals surface area contributed by atoms with Gasteiger partial charge in [0.05, 0.1) is 26.9 Å². The second kappa shape index (κ2) is 9.17. The van der Waals surface area contributed by atoms with Crippen LogP contribution in [-0.4, -0.2) is 15.9 Å². The summed E-state index contributed by atoms with van der Waals surface area (Å²) in [4.78, 5) is 31.9. The Morgan fingerprint density at radius 3 is 2.70 bits per heavy atom. The van der Waals surface area contributed by atoms with Gasteiger partial charge < -0.3 is 9.72 Å². The number of carbonyl (C=O) groups is 1. The van der Waals surface area contributed by atoms with Gasteiger partial charge in [-0.1, -0.05) is 36.0 Å². The molecule has 0 spiro atoms. The number of carbonyl (C=O) groups excluding carboxylic acids is 1. The van der Waals surface area contributed by atoms with Crippen LogP contribution in [0.5, 0.6) is 0 Å². The van der Waals surface area contributed by atoms with Crippen LogP contribution in [0.2, 0.25) is 0 Å². The summed E-state index contributed by atoms with van der Waals surface area (Å²) in [5, 5.41) is 0.664. The maximum atomic E-state index is 13.3. The fourth-order valence-corrected chi connectivity index (χ4v) is 5.37. The molecule has 5 nitrogen and oxygen atoms in total. The maximum absolute atomic E-state index is 13.3. The fraction of sp³-hybridized carbons (Fsp3) is 0.0800. The van der Waals surface area contributed by atoms with E-state index in [-0.39, 0.29) is 6.61 Å². The van der Waals surface area contributed by atoms with Gasteiger partial charge in [0.15, 0.2) is 4.34 Å². The standard InChI is InChI=1S/C25H17FN2O3S2/c26-19-10-9-17-11-18(23(29)27-21(17)12-19)13-31-24(30)16-7-5-15(6-8-16)14-32-25-28-20-3-1-2-4-22(20)33-25/h1-12H,13-14H2,(H,27,29). The number of H-pyrrole nitrogens is 1. The van der Waals surface area contributed by atoms with Crippen molar-refractivity contribution in [1.82, 2.24) is 9.97 Å². The third-order valence-electron chi connectivity index (χ3n) is 5.07. The lowest BCUT2D eigenvalue weighted by Crippen LogP contribution is -2.15. The Bertz CT molecular complexity index is 1490. The Morgan fingerprint density at radius 2 is 1.88 bits per heavy atom. The Labute approximate surface area is 196 Å². The van der Waals surface area contributed by atoms with Crippen LogP contribution in [0.4, 0.5) is 4.39 Å². The maximum Gasteiger partial charge on any atom is 0.338 e. The Kier molecular flexibility index (Phi) is 5.93. The average molecular weight is 477 g/mol. The molecule has 5 rings (SSSR count). The van der Waals surface area contributed by atoms with E-state index in [2.05, 4.69) is 16.0 Å². The van der Waals surface area contributed by atoms with Crippen molar-refractivity contribution in [3.05, 3.63) is 106 Å². The lowest BCUT2D eigenvalue weighted by Gasteiger charge is -2.07. The number of rotatable bonds is 6. The van der Waals surface area contributed by atoms with Crippen molar-refractivity contribution in [2.45, 2.75) is 16.7 Å². The Hall–Kier alpha value is -3.49. The zero-order chi connectivity index (χ0) is 22.8. The number of thioether (sulfide) groups is 1. The van der Waals surface area contributed by atoms with Crippen LogP contribution in [0.25, 0.3) is 21.1 Å². The van der Waals surface area contributed by atoms with Crippen molar-refractivity contribution in [2.75, 3.05) is 0 Å². The van der Waals surface area contributed by atoms with Crippen molar-refractivity contribution in [1.29, 1.82) is 0 Å². The predicted molar refractivity (Wildman–Crippen MR) is 129 cm³/mol. The van der Waals surface area contributed by atoms with Gasteiger partial charge in [0.25, 0.3) is 5.56 Å². The number of benzene rings is 3. The zero-order valence-corrected chi connectivity index (χ0v) is 18.8. The van der Waals surface area contributed by atoms with E-state index in [1.54, 1.807) is 47.4 Å². The summed E-state index contributed by atoms with van der Waals surface area (Å²) in [6.07, 6.45) is 0. The van der Waals surface area contributed by atoms with Crippen LogP contribution in [0.1, 0.15) is 21.5 Å². The molecule has 0 bridgehead atoms. The van der Waals surface area contributed by atoms with E-state index in [0.717, 1.165) is 25.9 Å².